The molecule has 1 atom stereocenters. The van der Waals surface area contributed by atoms with Crippen molar-refractivity contribution < 1.29 is 9.90 Å². The molecule has 1 rings (SSSR count). The van der Waals surface area contributed by atoms with Gasteiger partial charge in [-0.3, -0.25) is 4.79 Å². The van der Waals surface area contributed by atoms with Crippen molar-refractivity contribution in [1.82, 2.24) is 9.97 Å². The Balaban J connectivity index is 2.74. The summed E-state index contributed by atoms with van der Waals surface area (Å²) in [5.74, 6) is -0.970. The second-order valence-corrected chi connectivity index (χ2v) is 4.84. The quantitative estimate of drug-likeness (QED) is 0.576. The topological polar surface area (TPSA) is 89.1 Å². The van der Waals surface area contributed by atoms with E-state index in [0.717, 1.165) is 29.4 Å². The van der Waals surface area contributed by atoms with Crippen LogP contribution in [0.2, 0.25) is 0 Å². The lowest BCUT2D eigenvalue weighted by Gasteiger charge is -2.08. The van der Waals surface area contributed by atoms with E-state index >= 15 is 0 Å². The Kier molecular flexibility index (Phi) is 6.07. The van der Waals surface area contributed by atoms with Crippen LogP contribution in [-0.2, 0) is 17.6 Å². The van der Waals surface area contributed by atoms with Crippen LogP contribution in [-0.4, -0.2) is 33.3 Å². The molecule has 1 aromatic heterocycles. The van der Waals surface area contributed by atoms with Gasteiger partial charge in [0.05, 0.1) is 0 Å². The Morgan fingerprint density at radius 2 is 2.06 bits per heavy atom. The van der Waals surface area contributed by atoms with Gasteiger partial charge in [0, 0.05) is 11.4 Å². The molecule has 6 heteroatoms. The van der Waals surface area contributed by atoms with Gasteiger partial charge in [-0.1, -0.05) is 25.1 Å². The fourth-order valence-corrected chi connectivity index (χ4v) is 1.98. The highest BCUT2D eigenvalue weighted by Gasteiger charge is 2.12. The van der Waals surface area contributed by atoms with Crippen LogP contribution in [0, 0.1) is 0 Å². The second-order valence-electron chi connectivity index (χ2n) is 4.07. The summed E-state index contributed by atoms with van der Waals surface area (Å²) in [4.78, 5) is 19.4. The van der Waals surface area contributed by atoms with Gasteiger partial charge in [0.25, 0.3) is 0 Å². The standard InChI is InChI=1S/C12H19N3O2S/c1-3-4-8-7-9(15-12(14-8)18-2)5-6-10(13)11(16)17/h7,10H,3-6,13H2,1-2H3,(H,16,17)/t10-/m0/s1. The number of carboxylic acid groups (broad SMARTS) is 1. The number of carbonyl (C=O) groups is 1. The minimum atomic E-state index is -0.970. The molecule has 0 spiro atoms. The Hall–Kier alpha value is -1.14. The summed E-state index contributed by atoms with van der Waals surface area (Å²) in [5.41, 5.74) is 7.36. The molecule has 1 heterocycles. The van der Waals surface area contributed by atoms with Gasteiger partial charge in [0.15, 0.2) is 5.16 Å². The van der Waals surface area contributed by atoms with E-state index in [1.54, 1.807) is 0 Å². The van der Waals surface area contributed by atoms with Gasteiger partial charge in [0.2, 0.25) is 0 Å². The number of aryl methyl sites for hydroxylation is 2. The number of hydrogen-bond donors (Lipinski definition) is 2. The number of aliphatic carboxylic acids is 1. The molecular weight excluding hydrogens is 250 g/mol. The van der Waals surface area contributed by atoms with Crippen LogP contribution in [0.5, 0.6) is 0 Å². The van der Waals surface area contributed by atoms with Gasteiger partial charge in [0.1, 0.15) is 6.04 Å². The van der Waals surface area contributed by atoms with Crippen molar-refractivity contribution in [3.05, 3.63) is 17.5 Å². The largest absolute Gasteiger partial charge is 0.480 e. The fraction of sp³-hybridized carbons (Fsp3) is 0.583. The summed E-state index contributed by atoms with van der Waals surface area (Å²) in [6.07, 6.45) is 4.83. The Bertz CT molecular complexity index is 412. The number of nitrogens with two attached hydrogens (primary N) is 1. The first kappa shape index (κ1) is 14.9. The van der Waals surface area contributed by atoms with Crippen LogP contribution < -0.4 is 5.73 Å². The first-order chi connectivity index (χ1) is 8.56. The molecule has 1 aromatic rings. The first-order valence-corrected chi connectivity index (χ1v) is 7.18. The zero-order chi connectivity index (χ0) is 13.5. The number of rotatable bonds is 7. The van der Waals surface area contributed by atoms with E-state index in [1.165, 1.54) is 11.8 Å². The maximum atomic E-state index is 10.7. The molecule has 0 fully saturated rings. The third-order valence-electron chi connectivity index (χ3n) is 2.53. The summed E-state index contributed by atoms with van der Waals surface area (Å²) >= 11 is 1.49. The van der Waals surface area contributed by atoms with Crippen molar-refractivity contribution in [1.29, 1.82) is 0 Å². The van der Waals surface area contributed by atoms with E-state index < -0.39 is 12.0 Å². The summed E-state index contributed by atoms with van der Waals surface area (Å²) in [5, 5.41) is 9.47. The molecule has 0 aliphatic carbocycles. The molecule has 18 heavy (non-hydrogen) atoms. The van der Waals surface area contributed by atoms with E-state index in [1.807, 2.05) is 12.3 Å². The molecule has 0 aliphatic heterocycles. The Labute approximate surface area is 111 Å². The van der Waals surface area contributed by atoms with E-state index in [2.05, 4.69) is 16.9 Å². The summed E-state index contributed by atoms with van der Waals surface area (Å²) < 4.78 is 0. The van der Waals surface area contributed by atoms with Crippen molar-refractivity contribution in [2.45, 2.75) is 43.8 Å². The molecule has 3 N–H and O–H groups in total. The smallest absolute Gasteiger partial charge is 0.320 e. The maximum absolute atomic E-state index is 10.7. The summed E-state index contributed by atoms with van der Waals surface area (Å²) in [7, 11) is 0. The average Bonchev–Trinajstić information content (AvgIpc) is 2.35. The Morgan fingerprint density at radius 1 is 1.44 bits per heavy atom. The van der Waals surface area contributed by atoms with Gasteiger partial charge in [-0.25, -0.2) is 9.97 Å². The van der Waals surface area contributed by atoms with Crippen LogP contribution >= 0.6 is 11.8 Å². The van der Waals surface area contributed by atoms with Crippen molar-refractivity contribution in [2.24, 2.45) is 5.73 Å². The molecule has 0 saturated heterocycles. The minimum Gasteiger partial charge on any atom is -0.480 e. The van der Waals surface area contributed by atoms with E-state index in [0.29, 0.717) is 12.8 Å². The molecule has 0 unspecified atom stereocenters. The number of nitrogens with zero attached hydrogens (tertiary/aromatic N) is 2. The second kappa shape index (κ2) is 7.33. The molecule has 0 bridgehead atoms. The van der Waals surface area contributed by atoms with Crippen LogP contribution in [0.25, 0.3) is 0 Å². The highest BCUT2D eigenvalue weighted by Crippen LogP contribution is 2.13. The third-order valence-corrected chi connectivity index (χ3v) is 3.08. The molecular formula is C12H19N3O2S. The van der Waals surface area contributed by atoms with Crippen molar-refractivity contribution in [3.8, 4) is 0 Å². The molecule has 0 amide bonds. The summed E-state index contributed by atoms with van der Waals surface area (Å²) in [6, 6.07) is 1.12. The van der Waals surface area contributed by atoms with E-state index in [9.17, 15) is 4.79 Å². The van der Waals surface area contributed by atoms with E-state index in [-0.39, 0.29) is 0 Å². The van der Waals surface area contributed by atoms with E-state index in [4.69, 9.17) is 10.8 Å². The molecule has 5 nitrogen and oxygen atoms in total. The monoisotopic (exact) mass is 269 g/mol. The molecule has 0 aliphatic rings. The SMILES string of the molecule is CCCc1cc(CC[C@H](N)C(=O)O)nc(SC)n1. The zero-order valence-corrected chi connectivity index (χ0v) is 11.5. The number of hydrogen-bond acceptors (Lipinski definition) is 5. The van der Waals surface area contributed by atoms with Gasteiger partial charge in [-0.15, -0.1) is 0 Å². The highest BCUT2D eigenvalue weighted by molar-refractivity contribution is 7.98. The Morgan fingerprint density at radius 3 is 2.56 bits per heavy atom. The van der Waals surface area contributed by atoms with Gasteiger partial charge >= 0.3 is 5.97 Å². The predicted molar refractivity (Wildman–Crippen MR) is 71.7 cm³/mol. The first-order valence-electron chi connectivity index (χ1n) is 5.96. The lowest BCUT2D eigenvalue weighted by molar-refractivity contribution is -0.138. The van der Waals surface area contributed by atoms with Gasteiger partial charge < -0.3 is 10.8 Å². The summed E-state index contributed by atoms with van der Waals surface area (Å²) in [6.45, 7) is 2.10. The van der Waals surface area contributed by atoms with Crippen LogP contribution in [0.4, 0.5) is 0 Å². The lowest BCUT2D eigenvalue weighted by Crippen LogP contribution is -2.30. The van der Waals surface area contributed by atoms with Crippen LogP contribution in [0.15, 0.2) is 11.2 Å². The van der Waals surface area contributed by atoms with Crippen molar-refractivity contribution in [3.63, 3.8) is 0 Å². The lowest BCUT2D eigenvalue weighted by atomic mass is 10.1. The normalized spacial score (nSPS) is 12.4. The molecule has 0 aromatic carbocycles. The highest BCUT2D eigenvalue weighted by atomic mass is 32.2. The average molecular weight is 269 g/mol. The van der Waals surface area contributed by atoms with Crippen LogP contribution in [0.1, 0.15) is 31.2 Å². The minimum absolute atomic E-state index is 0.395. The molecule has 100 valence electrons. The van der Waals surface area contributed by atoms with Crippen LogP contribution in [0.3, 0.4) is 0 Å². The van der Waals surface area contributed by atoms with Gasteiger partial charge in [-0.2, -0.15) is 0 Å². The zero-order valence-electron chi connectivity index (χ0n) is 10.7. The molecule has 0 saturated carbocycles. The van der Waals surface area contributed by atoms with Crippen molar-refractivity contribution >= 4 is 17.7 Å². The number of carboxylic acids is 1. The number of aromatic nitrogens is 2. The fourth-order valence-electron chi connectivity index (χ4n) is 1.56. The predicted octanol–water partition coefficient (Wildman–Crippen LogP) is 1.50. The van der Waals surface area contributed by atoms with Crippen molar-refractivity contribution in [2.75, 3.05) is 6.26 Å². The number of thioether (sulfide) groups is 1. The third kappa shape index (κ3) is 4.62. The maximum Gasteiger partial charge on any atom is 0.320 e. The van der Waals surface area contributed by atoms with Gasteiger partial charge in [-0.05, 0) is 31.6 Å². The molecule has 0 radical (unpaired) electrons.